The second kappa shape index (κ2) is 7.07. The Morgan fingerprint density at radius 1 is 1.18 bits per heavy atom. The molecule has 1 aliphatic rings. The number of nitrogens with two attached hydrogens (primary N) is 1. The molecule has 2 N–H and O–H groups in total. The monoisotopic (exact) mass is 249 g/mol. The van der Waals surface area contributed by atoms with Crippen LogP contribution in [0.3, 0.4) is 0 Å². The number of hydrogen-bond donors (Lipinski definition) is 1. The summed E-state index contributed by atoms with van der Waals surface area (Å²) >= 11 is 2.10. The van der Waals surface area contributed by atoms with Crippen molar-refractivity contribution in [3.63, 3.8) is 0 Å². The van der Waals surface area contributed by atoms with Crippen molar-refractivity contribution in [2.24, 2.45) is 11.7 Å². The van der Waals surface area contributed by atoms with E-state index in [1.54, 1.807) is 0 Å². The molecular formula is C15H23NS. The average Bonchev–Trinajstić information content (AvgIpc) is 2.39. The van der Waals surface area contributed by atoms with Crippen LogP contribution in [0.2, 0.25) is 0 Å². The third-order valence-electron chi connectivity index (χ3n) is 3.62. The van der Waals surface area contributed by atoms with E-state index in [1.807, 2.05) is 0 Å². The molecule has 0 aliphatic carbocycles. The summed E-state index contributed by atoms with van der Waals surface area (Å²) in [4.78, 5) is 0. The van der Waals surface area contributed by atoms with Crippen LogP contribution in [0, 0.1) is 5.92 Å². The van der Waals surface area contributed by atoms with Gasteiger partial charge in [-0.3, -0.25) is 0 Å². The maximum absolute atomic E-state index is 6.25. The van der Waals surface area contributed by atoms with Crippen LogP contribution in [0.4, 0.5) is 0 Å². The minimum absolute atomic E-state index is 0.392. The summed E-state index contributed by atoms with van der Waals surface area (Å²) in [5, 5.41) is 0. The lowest BCUT2D eigenvalue weighted by Gasteiger charge is -2.24. The van der Waals surface area contributed by atoms with Crippen LogP contribution in [-0.2, 0) is 6.42 Å². The molecule has 0 aromatic heterocycles. The Hall–Kier alpha value is -0.470. The first-order valence-electron chi connectivity index (χ1n) is 6.72. The molecule has 94 valence electrons. The summed E-state index contributed by atoms with van der Waals surface area (Å²) in [6, 6.07) is 11.1. The standard InChI is InChI=1S/C15H23NS/c16-15(12-14-8-10-17-11-9-14)7-6-13-4-2-1-3-5-13/h1-5,14-15H,6-12,16H2. The van der Waals surface area contributed by atoms with E-state index in [2.05, 4.69) is 42.1 Å². The molecule has 0 saturated carbocycles. The predicted octanol–water partition coefficient (Wildman–Crippen LogP) is 3.48. The van der Waals surface area contributed by atoms with Crippen LogP contribution in [0.1, 0.15) is 31.2 Å². The summed E-state index contributed by atoms with van der Waals surface area (Å²) < 4.78 is 0. The molecule has 0 bridgehead atoms. The molecule has 1 heterocycles. The second-order valence-electron chi connectivity index (χ2n) is 5.08. The van der Waals surface area contributed by atoms with E-state index < -0.39 is 0 Å². The normalized spacial score (nSPS) is 19.1. The quantitative estimate of drug-likeness (QED) is 0.864. The number of thioether (sulfide) groups is 1. The van der Waals surface area contributed by atoms with Gasteiger partial charge in [-0.1, -0.05) is 30.3 Å². The molecule has 0 amide bonds. The molecule has 17 heavy (non-hydrogen) atoms. The first kappa shape index (κ1) is 13.0. The van der Waals surface area contributed by atoms with Crippen molar-refractivity contribution in [2.45, 2.75) is 38.1 Å². The maximum Gasteiger partial charge on any atom is 0.00446 e. The molecular weight excluding hydrogens is 226 g/mol. The predicted molar refractivity (Wildman–Crippen MR) is 77.4 cm³/mol. The first-order valence-corrected chi connectivity index (χ1v) is 7.87. The van der Waals surface area contributed by atoms with Crippen molar-refractivity contribution >= 4 is 11.8 Å². The van der Waals surface area contributed by atoms with Crippen LogP contribution in [0.25, 0.3) is 0 Å². The van der Waals surface area contributed by atoms with E-state index in [-0.39, 0.29) is 0 Å². The molecule has 1 aromatic rings. The number of benzene rings is 1. The lowest BCUT2D eigenvalue weighted by molar-refractivity contribution is 0.396. The Balaban J connectivity index is 1.68. The van der Waals surface area contributed by atoms with Crippen LogP contribution in [-0.4, -0.2) is 17.5 Å². The number of aryl methyl sites for hydroxylation is 1. The second-order valence-corrected chi connectivity index (χ2v) is 6.30. The largest absolute Gasteiger partial charge is 0.328 e. The summed E-state index contributed by atoms with van der Waals surface area (Å²) in [7, 11) is 0. The van der Waals surface area contributed by atoms with E-state index in [9.17, 15) is 0 Å². The van der Waals surface area contributed by atoms with Crippen LogP contribution < -0.4 is 5.73 Å². The van der Waals surface area contributed by atoms with Crippen LogP contribution in [0.15, 0.2) is 30.3 Å². The molecule has 1 aliphatic heterocycles. The minimum atomic E-state index is 0.392. The van der Waals surface area contributed by atoms with Crippen molar-refractivity contribution in [1.82, 2.24) is 0 Å². The highest BCUT2D eigenvalue weighted by Crippen LogP contribution is 2.26. The van der Waals surface area contributed by atoms with E-state index >= 15 is 0 Å². The zero-order valence-electron chi connectivity index (χ0n) is 10.5. The van der Waals surface area contributed by atoms with Gasteiger partial charge in [0.25, 0.3) is 0 Å². The van der Waals surface area contributed by atoms with Gasteiger partial charge in [-0.2, -0.15) is 11.8 Å². The van der Waals surface area contributed by atoms with Crippen molar-refractivity contribution in [3.05, 3.63) is 35.9 Å². The lowest BCUT2D eigenvalue weighted by atomic mass is 9.92. The molecule has 0 radical (unpaired) electrons. The SMILES string of the molecule is NC(CCc1ccccc1)CC1CCSCC1. The van der Waals surface area contributed by atoms with E-state index in [1.165, 1.54) is 36.3 Å². The third-order valence-corrected chi connectivity index (χ3v) is 4.67. The molecule has 2 heteroatoms. The van der Waals surface area contributed by atoms with Crippen molar-refractivity contribution in [3.8, 4) is 0 Å². The van der Waals surface area contributed by atoms with Gasteiger partial charge < -0.3 is 5.73 Å². The Morgan fingerprint density at radius 3 is 2.59 bits per heavy atom. The van der Waals surface area contributed by atoms with Gasteiger partial charge in [0.15, 0.2) is 0 Å². The van der Waals surface area contributed by atoms with Gasteiger partial charge in [0.1, 0.15) is 0 Å². The Kier molecular flexibility index (Phi) is 5.40. The summed E-state index contributed by atoms with van der Waals surface area (Å²) in [6.45, 7) is 0. The van der Waals surface area contributed by atoms with Crippen molar-refractivity contribution < 1.29 is 0 Å². The fraction of sp³-hybridized carbons (Fsp3) is 0.600. The third kappa shape index (κ3) is 4.72. The number of rotatable bonds is 5. The summed E-state index contributed by atoms with van der Waals surface area (Å²) in [5.41, 5.74) is 7.66. The van der Waals surface area contributed by atoms with Gasteiger partial charge in [-0.15, -0.1) is 0 Å². The fourth-order valence-corrected chi connectivity index (χ4v) is 3.73. The summed E-state index contributed by atoms with van der Waals surface area (Å²) in [6.07, 6.45) is 6.25. The average molecular weight is 249 g/mol. The Labute approximate surface area is 109 Å². The van der Waals surface area contributed by atoms with Crippen LogP contribution >= 0.6 is 11.8 Å². The molecule has 1 unspecified atom stereocenters. The minimum Gasteiger partial charge on any atom is -0.328 e. The molecule has 2 rings (SSSR count). The highest BCUT2D eigenvalue weighted by Gasteiger charge is 2.16. The first-order chi connectivity index (χ1) is 8.34. The van der Waals surface area contributed by atoms with Crippen molar-refractivity contribution in [2.75, 3.05) is 11.5 Å². The molecule has 1 aromatic carbocycles. The summed E-state index contributed by atoms with van der Waals surface area (Å²) in [5.74, 6) is 3.58. The topological polar surface area (TPSA) is 26.0 Å². The Bertz CT molecular complexity index is 306. The van der Waals surface area contributed by atoms with Gasteiger partial charge in [-0.25, -0.2) is 0 Å². The molecule has 0 spiro atoms. The zero-order valence-corrected chi connectivity index (χ0v) is 11.3. The van der Waals surface area contributed by atoms with E-state index in [0.717, 1.165) is 18.8 Å². The van der Waals surface area contributed by atoms with Gasteiger partial charge in [-0.05, 0) is 55.1 Å². The molecule has 1 fully saturated rings. The van der Waals surface area contributed by atoms with Gasteiger partial charge >= 0.3 is 0 Å². The molecule has 1 atom stereocenters. The lowest BCUT2D eigenvalue weighted by Crippen LogP contribution is -2.26. The highest BCUT2D eigenvalue weighted by atomic mass is 32.2. The highest BCUT2D eigenvalue weighted by molar-refractivity contribution is 7.99. The molecule has 1 saturated heterocycles. The number of hydrogen-bond acceptors (Lipinski definition) is 2. The Morgan fingerprint density at radius 2 is 1.88 bits per heavy atom. The maximum atomic E-state index is 6.25. The zero-order chi connectivity index (χ0) is 11.9. The van der Waals surface area contributed by atoms with Gasteiger partial charge in [0, 0.05) is 6.04 Å². The molecule has 1 nitrogen and oxygen atoms in total. The van der Waals surface area contributed by atoms with Gasteiger partial charge in [0.05, 0.1) is 0 Å². The van der Waals surface area contributed by atoms with E-state index in [4.69, 9.17) is 5.73 Å². The van der Waals surface area contributed by atoms with E-state index in [0.29, 0.717) is 6.04 Å². The fourth-order valence-electron chi connectivity index (χ4n) is 2.52. The van der Waals surface area contributed by atoms with Crippen molar-refractivity contribution in [1.29, 1.82) is 0 Å². The van der Waals surface area contributed by atoms with Crippen LogP contribution in [0.5, 0.6) is 0 Å². The smallest absolute Gasteiger partial charge is 0.00446 e. The van der Waals surface area contributed by atoms with Gasteiger partial charge in [0.2, 0.25) is 0 Å².